The number of rotatable bonds is 4. The lowest BCUT2D eigenvalue weighted by molar-refractivity contribution is 0.0516. The van der Waals surface area contributed by atoms with E-state index in [9.17, 15) is 0 Å². The topological polar surface area (TPSA) is 32.5 Å². The van der Waals surface area contributed by atoms with Crippen LogP contribution in [0.3, 0.4) is 0 Å². The molecule has 0 aromatic heterocycles. The molecule has 106 valence electrons. The van der Waals surface area contributed by atoms with Gasteiger partial charge in [0.1, 0.15) is 0 Å². The summed E-state index contributed by atoms with van der Waals surface area (Å²) in [5, 5.41) is 0. The molecule has 3 atom stereocenters. The molecule has 0 radical (unpaired) electrons. The fourth-order valence-corrected chi connectivity index (χ4v) is 3.24. The minimum atomic E-state index is 0.155. The van der Waals surface area contributed by atoms with Crippen molar-refractivity contribution in [1.82, 2.24) is 9.80 Å². The third-order valence-electron chi connectivity index (χ3n) is 4.24. The van der Waals surface area contributed by atoms with Gasteiger partial charge in [-0.05, 0) is 26.0 Å². The second-order valence-corrected chi connectivity index (χ2v) is 5.69. The maximum atomic E-state index is 6.26. The van der Waals surface area contributed by atoms with Crippen molar-refractivity contribution in [3.8, 4) is 0 Å². The molecular weight excluding hydrogens is 234 g/mol. The van der Waals surface area contributed by atoms with Crippen LogP contribution in [0.25, 0.3) is 0 Å². The first-order chi connectivity index (χ1) is 9.13. The van der Waals surface area contributed by atoms with Crippen molar-refractivity contribution >= 4 is 0 Å². The quantitative estimate of drug-likeness (QED) is 0.901. The Morgan fingerprint density at radius 2 is 1.95 bits per heavy atom. The molecule has 0 saturated carbocycles. The van der Waals surface area contributed by atoms with Gasteiger partial charge < -0.3 is 5.73 Å². The molecule has 1 aliphatic heterocycles. The molecule has 3 nitrogen and oxygen atoms in total. The molecule has 1 fully saturated rings. The average molecular weight is 261 g/mol. The van der Waals surface area contributed by atoms with E-state index in [1.807, 2.05) is 0 Å². The van der Waals surface area contributed by atoms with Crippen molar-refractivity contribution in [3.63, 3.8) is 0 Å². The molecule has 0 amide bonds. The zero-order chi connectivity index (χ0) is 13.8. The molecule has 1 aromatic carbocycles. The fraction of sp³-hybridized carbons (Fsp3) is 0.625. The number of benzene rings is 1. The highest BCUT2D eigenvalue weighted by atomic mass is 15.3. The summed E-state index contributed by atoms with van der Waals surface area (Å²) >= 11 is 0. The summed E-state index contributed by atoms with van der Waals surface area (Å²) < 4.78 is 0. The van der Waals surface area contributed by atoms with E-state index in [-0.39, 0.29) is 6.04 Å². The minimum Gasteiger partial charge on any atom is -0.326 e. The van der Waals surface area contributed by atoms with Crippen molar-refractivity contribution in [2.75, 3.05) is 26.2 Å². The maximum absolute atomic E-state index is 6.26. The van der Waals surface area contributed by atoms with E-state index >= 15 is 0 Å². The Kier molecular flexibility index (Phi) is 4.97. The molecular formula is C16H27N3. The molecule has 1 aromatic rings. The molecule has 0 spiro atoms. The Labute approximate surface area is 117 Å². The van der Waals surface area contributed by atoms with Crippen LogP contribution in [-0.4, -0.2) is 48.1 Å². The molecule has 2 N–H and O–H groups in total. The third-order valence-corrected chi connectivity index (χ3v) is 4.24. The van der Waals surface area contributed by atoms with Gasteiger partial charge in [0.05, 0.1) is 0 Å². The Morgan fingerprint density at radius 1 is 1.26 bits per heavy atom. The maximum Gasteiger partial charge on any atom is 0.0497 e. The summed E-state index contributed by atoms with van der Waals surface area (Å²) in [5.74, 6) is 0. The van der Waals surface area contributed by atoms with E-state index in [2.05, 4.69) is 60.9 Å². The largest absolute Gasteiger partial charge is 0.326 e. The van der Waals surface area contributed by atoms with Crippen molar-refractivity contribution in [3.05, 3.63) is 35.9 Å². The van der Waals surface area contributed by atoms with Gasteiger partial charge in [-0.1, -0.05) is 37.3 Å². The predicted molar refractivity (Wildman–Crippen MR) is 81.1 cm³/mol. The summed E-state index contributed by atoms with van der Waals surface area (Å²) in [4.78, 5) is 5.09. The summed E-state index contributed by atoms with van der Waals surface area (Å²) in [6.07, 6.45) is 0. The zero-order valence-corrected chi connectivity index (χ0v) is 12.4. The van der Waals surface area contributed by atoms with E-state index in [0.29, 0.717) is 12.1 Å². The van der Waals surface area contributed by atoms with Gasteiger partial charge in [-0.25, -0.2) is 0 Å². The molecule has 0 aliphatic carbocycles. The lowest BCUT2D eigenvalue weighted by Gasteiger charge is -2.44. The highest BCUT2D eigenvalue weighted by Crippen LogP contribution is 2.26. The molecule has 1 aliphatic rings. The number of nitrogens with two attached hydrogens (primary N) is 1. The van der Waals surface area contributed by atoms with E-state index in [1.165, 1.54) is 5.56 Å². The minimum absolute atomic E-state index is 0.155. The van der Waals surface area contributed by atoms with Gasteiger partial charge in [-0.15, -0.1) is 0 Å². The summed E-state index contributed by atoms with van der Waals surface area (Å²) in [5.41, 5.74) is 7.60. The molecule has 1 heterocycles. The van der Waals surface area contributed by atoms with E-state index < -0.39 is 0 Å². The van der Waals surface area contributed by atoms with Gasteiger partial charge in [-0.3, -0.25) is 9.80 Å². The van der Waals surface area contributed by atoms with Gasteiger partial charge in [0.2, 0.25) is 0 Å². The Bertz CT molecular complexity index is 377. The standard InChI is InChI=1S/C16H27N3/c1-4-18-10-11-19(12-13(18)2)16(14(3)17)15-8-6-5-7-9-15/h5-9,13-14,16H,4,10-12,17H2,1-3H3. The first-order valence-electron chi connectivity index (χ1n) is 7.42. The number of likely N-dealkylation sites (N-methyl/N-ethyl adjacent to an activating group) is 1. The first kappa shape index (κ1) is 14.5. The molecule has 3 heteroatoms. The van der Waals surface area contributed by atoms with Crippen molar-refractivity contribution in [1.29, 1.82) is 0 Å². The smallest absolute Gasteiger partial charge is 0.0497 e. The highest BCUT2D eigenvalue weighted by Gasteiger charge is 2.30. The van der Waals surface area contributed by atoms with Crippen LogP contribution in [-0.2, 0) is 0 Å². The molecule has 3 unspecified atom stereocenters. The SMILES string of the molecule is CCN1CCN(C(c2ccccc2)C(C)N)CC1C. The van der Waals surface area contributed by atoms with Crippen molar-refractivity contribution in [2.24, 2.45) is 5.73 Å². The van der Waals surface area contributed by atoms with Crippen molar-refractivity contribution < 1.29 is 0 Å². The zero-order valence-electron chi connectivity index (χ0n) is 12.4. The number of nitrogens with zero attached hydrogens (tertiary/aromatic N) is 2. The van der Waals surface area contributed by atoms with E-state index in [4.69, 9.17) is 5.73 Å². The Morgan fingerprint density at radius 3 is 2.47 bits per heavy atom. The first-order valence-corrected chi connectivity index (χ1v) is 7.42. The number of hydrogen-bond acceptors (Lipinski definition) is 3. The second-order valence-electron chi connectivity index (χ2n) is 5.69. The Hall–Kier alpha value is -0.900. The lowest BCUT2D eigenvalue weighted by atomic mass is 9.97. The van der Waals surface area contributed by atoms with Gasteiger partial charge >= 0.3 is 0 Å². The molecule has 19 heavy (non-hydrogen) atoms. The molecule has 2 rings (SSSR count). The highest BCUT2D eigenvalue weighted by molar-refractivity contribution is 5.20. The molecule has 1 saturated heterocycles. The van der Waals surface area contributed by atoms with Crippen LogP contribution >= 0.6 is 0 Å². The van der Waals surface area contributed by atoms with Crippen LogP contribution in [0.5, 0.6) is 0 Å². The van der Waals surface area contributed by atoms with E-state index in [1.54, 1.807) is 0 Å². The molecule has 0 bridgehead atoms. The van der Waals surface area contributed by atoms with Gasteiger partial charge in [-0.2, -0.15) is 0 Å². The van der Waals surface area contributed by atoms with Gasteiger partial charge in [0.15, 0.2) is 0 Å². The predicted octanol–water partition coefficient (Wildman–Crippen LogP) is 2.10. The summed E-state index contributed by atoms with van der Waals surface area (Å²) in [7, 11) is 0. The lowest BCUT2D eigenvalue weighted by Crippen LogP contribution is -2.54. The van der Waals surface area contributed by atoms with Crippen LogP contribution in [0.1, 0.15) is 32.4 Å². The van der Waals surface area contributed by atoms with Crippen LogP contribution in [0.4, 0.5) is 0 Å². The average Bonchev–Trinajstić information content (AvgIpc) is 2.40. The van der Waals surface area contributed by atoms with Crippen LogP contribution < -0.4 is 5.73 Å². The van der Waals surface area contributed by atoms with Crippen LogP contribution in [0.15, 0.2) is 30.3 Å². The number of hydrogen-bond donors (Lipinski definition) is 1. The van der Waals surface area contributed by atoms with Gasteiger partial charge in [0.25, 0.3) is 0 Å². The van der Waals surface area contributed by atoms with Crippen LogP contribution in [0, 0.1) is 0 Å². The van der Waals surface area contributed by atoms with Gasteiger partial charge in [0, 0.05) is 37.8 Å². The Balaban J connectivity index is 2.13. The third kappa shape index (κ3) is 3.35. The normalized spacial score (nSPS) is 25.2. The van der Waals surface area contributed by atoms with E-state index in [0.717, 1.165) is 26.2 Å². The summed E-state index contributed by atoms with van der Waals surface area (Å²) in [6.45, 7) is 11.2. The monoisotopic (exact) mass is 261 g/mol. The fourth-order valence-electron chi connectivity index (χ4n) is 3.24. The van der Waals surface area contributed by atoms with Crippen molar-refractivity contribution in [2.45, 2.75) is 38.9 Å². The summed E-state index contributed by atoms with van der Waals surface area (Å²) in [6, 6.07) is 11.8. The van der Waals surface area contributed by atoms with Crippen LogP contribution in [0.2, 0.25) is 0 Å². The second kappa shape index (κ2) is 6.51. The number of piperazine rings is 1.